The first-order chi connectivity index (χ1) is 10.0. The van der Waals surface area contributed by atoms with Gasteiger partial charge in [0.25, 0.3) is 5.69 Å². The Balaban J connectivity index is 2.17. The van der Waals surface area contributed by atoms with Crippen LogP contribution in [-0.2, 0) is 4.79 Å². The average Bonchev–Trinajstić information content (AvgIpc) is 2.49. The molecule has 1 aliphatic rings. The van der Waals surface area contributed by atoms with Crippen molar-refractivity contribution in [3.63, 3.8) is 0 Å². The predicted molar refractivity (Wildman–Crippen MR) is 73.4 cm³/mol. The highest BCUT2D eigenvalue weighted by Crippen LogP contribution is 2.27. The third-order valence-corrected chi connectivity index (χ3v) is 3.71. The van der Waals surface area contributed by atoms with E-state index in [1.54, 1.807) is 12.1 Å². The SMILES string of the molecule is N#CC(c1ccc([N+](=O)[O-])cc1)N1CCCC(C(=O)O)C1. The molecular formula is C14H15N3O4. The van der Waals surface area contributed by atoms with E-state index in [-0.39, 0.29) is 5.69 Å². The smallest absolute Gasteiger partial charge is 0.307 e. The number of benzene rings is 1. The molecule has 1 heterocycles. The number of carbonyl (C=O) groups is 1. The van der Waals surface area contributed by atoms with Gasteiger partial charge in [-0.05, 0) is 37.1 Å². The minimum atomic E-state index is -0.847. The number of piperidine rings is 1. The summed E-state index contributed by atoms with van der Waals surface area (Å²) in [5.74, 6) is -1.31. The van der Waals surface area contributed by atoms with E-state index in [2.05, 4.69) is 6.07 Å². The third-order valence-electron chi connectivity index (χ3n) is 3.71. The summed E-state index contributed by atoms with van der Waals surface area (Å²) in [6.45, 7) is 0.976. The number of hydrogen-bond donors (Lipinski definition) is 1. The maximum Gasteiger partial charge on any atom is 0.307 e. The molecule has 2 unspecified atom stereocenters. The van der Waals surface area contributed by atoms with E-state index in [0.717, 1.165) is 6.42 Å². The molecule has 110 valence electrons. The van der Waals surface area contributed by atoms with Crippen molar-refractivity contribution < 1.29 is 14.8 Å². The molecule has 0 radical (unpaired) electrons. The van der Waals surface area contributed by atoms with Crippen molar-refractivity contribution in [3.05, 3.63) is 39.9 Å². The molecule has 2 atom stereocenters. The number of aliphatic carboxylic acids is 1. The van der Waals surface area contributed by atoms with Crippen LogP contribution in [0.25, 0.3) is 0 Å². The summed E-state index contributed by atoms with van der Waals surface area (Å²) in [5, 5.41) is 29.1. The average molecular weight is 289 g/mol. The van der Waals surface area contributed by atoms with Gasteiger partial charge in [-0.2, -0.15) is 5.26 Å². The Morgan fingerprint density at radius 2 is 2.14 bits per heavy atom. The highest BCUT2D eigenvalue weighted by atomic mass is 16.6. The summed E-state index contributed by atoms with van der Waals surface area (Å²) in [4.78, 5) is 23.0. The lowest BCUT2D eigenvalue weighted by Gasteiger charge is -2.33. The van der Waals surface area contributed by atoms with Gasteiger partial charge in [0.1, 0.15) is 6.04 Å². The molecule has 1 aliphatic heterocycles. The Bertz CT molecular complexity index is 579. The molecule has 0 saturated carbocycles. The van der Waals surface area contributed by atoms with Crippen LogP contribution in [0.5, 0.6) is 0 Å². The fourth-order valence-electron chi connectivity index (χ4n) is 2.59. The van der Waals surface area contributed by atoms with Crippen molar-refractivity contribution >= 4 is 11.7 Å². The predicted octanol–water partition coefficient (Wildman–Crippen LogP) is 1.96. The van der Waals surface area contributed by atoms with Gasteiger partial charge in [-0.3, -0.25) is 19.8 Å². The first kappa shape index (κ1) is 14.9. The lowest BCUT2D eigenvalue weighted by atomic mass is 9.95. The van der Waals surface area contributed by atoms with Crippen LogP contribution in [-0.4, -0.2) is 34.0 Å². The number of carboxylic acids is 1. The topological polar surface area (TPSA) is 107 Å². The first-order valence-corrected chi connectivity index (χ1v) is 6.63. The number of likely N-dealkylation sites (tertiary alicyclic amines) is 1. The molecule has 7 nitrogen and oxygen atoms in total. The lowest BCUT2D eigenvalue weighted by Crippen LogP contribution is -2.40. The second-order valence-corrected chi connectivity index (χ2v) is 5.05. The van der Waals surface area contributed by atoms with Crippen LogP contribution in [0.15, 0.2) is 24.3 Å². The largest absolute Gasteiger partial charge is 0.481 e. The van der Waals surface area contributed by atoms with Crippen LogP contribution in [0.1, 0.15) is 24.4 Å². The zero-order valence-electron chi connectivity index (χ0n) is 11.3. The number of rotatable bonds is 4. The molecule has 0 aliphatic carbocycles. The number of nitro benzene ring substituents is 1. The van der Waals surface area contributed by atoms with Crippen molar-refractivity contribution in [2.45, 2.75) is 18.9 Å². The molecular weight excluding hydrogens is 274 g/mol. The van der Waals surface area contributed by atoms with Gasteiger partial charge in [0.05, 0.1) is 16.9 Å². The second kappa shape index (κ2) is 6.33. The Morgan fingerprint density at radius 1 is 1.48 bits per heavy atom. The van der Waals surface area contributed by atoms with Gasteiger partial charge >= 0.3 is 5.97 Å². The van der Waals surface area contributed by atoms with Crippen molar-refractivity contribution in [1.82, 2.24) is 4.90 Å². The van der Waals surface area contributed by atoms with Gasteiger partial charge < -0.3 is 5.11 Å². The van der Waals surface area contributed by atoms with Crippen LogP contribution in [0.2, 0.25) is 0 Å². The Labute approximate surface area is 121 Å². The Kier molecular flexibility index (Phi) is 4.50. The summed E-state index contributed by atoms with van der Waals surface area (Å²) < 4.78 is 0. The van der Waals surface area contributed by atoms with E-state index in [1.165, 1.54) is 12.1 Å². The first-order valence-electron chi connectivity index (χ1n) is 6.63. The van der Waals surface area contributed by atoms with E-state index in [4.69, 9.17) is 5.11 Å². The van der Waals surface area contributed by atoms with E-state index in [0.29, 0.717) is 25.1 Å². The molecule has 0 spiro atoms. The normalized spacial score (nSPS) is 20.4. The number of nitrogens with zero attached hydrogens (tertiary/aromatic N) is 3. The quantitative estimate of drug-likeness (QED) is 0.670. The highest BCUT2D eigenvalue weighted by molar-refractivity contribution is 5.70. The van der Waals surface area contributed by atoms with Gasteiger partial charge in [0, 0.05) is 18.7 Å². The molecule has 1 aromatic carbocycles. The maximum atomic E-state index is 11.1. The fourth-order valence-corrected chi connectivity index (χ4v) is 2.59. The molecule has 7 heteroatoms. The standard InChI is InChI=1S/C14H15N3O4/c15-8-13(10-3-5-12(6-4-10)17(20)21)16-7-1-2-11(9-16)14(18)19/h3-6,11,13H,1-2,7,9H2,(H,18,19). The number of non-ortho nitro benzene ring substituents is 1. The van der Waals surface area contributed by atoms with Gasteiger partial charge in [0.15, 0.2) is 0 Å². The van der Waals surface area contributed by atoms with Crippen molar-refractivity contribution in [2.24, 2.45) is 5.92 Å². The minimum Gasteiger partial charge on any atom is -0.481 e. The zero-order valence-corrected chi connectivity index (χ0v) is 11.3. The summed E-state index contributed by atoms with van der Waals surface area (Å²) in [6.07, 6.45) is 1.34. The number of hydrogen-bond acceptors (Lipinski definition) is 5. The highest BCUT2D eigenvalue weighted by Gasteiger charge is 2.30. The van der Waals surface area contributed by atoms with Gasteiger partial charge in [-0.15, -0.1) is 0 Å². The van der Waals surface area contributed by atoms with Crippen LogP contribution in [0, 0.1) is 27.4 Å². The summed E-state index contributed by atoms with van der Waals surface area (Å²) in [6, 6.07) is 7.41. The monoisotopic (exact) mass is 289 g/mol. The second-order valence-electron chi connectivity index (χ2n) is 5.05. The van der Waals surface area contributed by atoms with E-state index in [9.17, 15) is 20.2 Å². The lowest BCUT2D eigenvalue weighted by molar-refractivity contribution is -0.384. The fraction of sp³-hybridized carbons (Fsp3) is 0.429. The molecule has 0 aromatic heterocycles. The molecule has 1 saturated heterocycles. The number of carboxylic acid groups (broad SMARTS) is 1. The zero-order chi connectivity index (χ0) is 15.4. The molecule has 0 bridgehead atoms. The number of nitriles is 1. The van der Waals surface area contributed by atoms with Crippen molar-refractivity contribution in [1.29, 1.82) is 5.26 Å². The van der Waals surface area contributed by atoms with Gasteiger partial charge in [-0.1, -0.05) is 0 Å². The van der Waals surface area contributed by atoms with Crippen LogP contribution < -0.4 is 0 Å². The molecule has 1 N–H and O–H groups in total. The van der Waals surface area contributed by atoms with Crippen LogP contribution >= 0.6 is 0 Å². The molecule has 0 amide bonds. The number of nitro groups is 1. The summed E-state index contributed by atoms with van der Waals surface area (Å²) in [7, 11) is 0. The summed E-state index contributed by atoms with van der Waals surface area (Å²) >= 11 is 0. The molecule has 1 fully saturated rings. The van der Waals surface area contributed by atoms with Gasteiger partial charge in [0.2, 0.25) is 0 Å². The van der Waals surface area contributed by atoms with E-state index >= 15 is 0 Å². The molecule has 21 heavy (non-hydrogen) atoms. The van der Waals surface area contributed by atoms with E-state index < -0.39 is 22.9 Å². The summed E-state index contributed by atoms with van der Waals surface area (Å²) in [5.41, 5.74) is 0.617. The molecule has 1 aromatic rings. The van der Waals surface area contributed by atoms with Crippen molar-refractivity contribution in [3.8, 4) is 6.07 Å². The van der Waals surface area contributed by atoms with Crippen LogP contribution in [0.3, 0.4) is 0 Å². The van der Waals surface area contributed by atoms with Gasteiger partial charge in [-0.25, -0.2) is 0 Å². The third kappa shape index (κ3) is 3.35. The van der Waals surface area contributed by atoms with Crippen LogP contribution in [0.4, 0.5) is 5.69 Å². The Hall–Kier alpha value is -2.46. The minimum absolute atomic E-state index is 0.0301. The van der Waals surface area contributed by atoms with Crippen molar-refractivity contribution in [2.75, 3.05) is 13.1 Å². The Morgan fingerprint density at radius 3 is 2.67 bits per heavy atom. The molecule has 2 rings (SSSR count). The maximum absolute atomic E-state index is 11.1. The van der Waals surface area contributed by atoms with E-state index in [1.807, 2.05) is 4.90 Å².